The number of fused-ring (bicyclic) bond motifs is 1. The van der Waals surface area contributed by atoms with Crippen molar-refractivity contribution in [1.29, 1.82) is 0 Å². The van der Waals surface area contributed by atoms with Crippen molar-refractivity contribution >= 4 is 46.2 Å². The molecule has 1 aromatic heterocycles. The van der Waals surface area contributed by atoms with Crippen LogP contribution in [0.3, 0.4) is 0 Å². The molecule has 0 radical (unpaired) electrons. The highest BCUT2D eigenvalue weighted by atomic mass is 35.5. The number of rotatable bonds is 6. The zero-order chi connectivity index (χ0) is 20.1. The van der Waals surface area contributed by atoms with Crippen LogP contribution >= 0.6 is 11.6 Å². The Morgan fingerprint density at radius 1 is 1.21 bits per heavy atom. The third-order valence-corrected chi connectivity index (χ3v) is 4.04. The van der Waals surface area contributed by atoms with E-state index in [4.69, 9.17) is 25.5 Å². The summed E-state index contributed by atoms with van der Waals surface area (Å²) in [6.07, 6.45) is 2.88. The molecule has 0 atom stereocenters. The summed E-state index contributed by atoms with van der Waals surface area (Å²) < 4.78 is 15.9. The van der Waals surface area contributed by atoms with Crippen molar-refractivity contribution in [1.82, 2.24) is 0 Å². The Hall–Kier alpha value is -3.25. The number of nitrogens with one attached hydrogen (secondary N) is 1. The Balaban J connectivity index is 1.73. The number of furan rings is 1. The largest absolute Gasteiger partial charge is 0.493 e. The van der Waals surface area contributed by atoms with Crippen LogP contribution in [0, 0.1) is 0 Å². The molecule has 0 bridgehead atoms. The minimum atomic E-state index is -0.441. The number of esters is 1. The van der Waals surface area contributed by atoms with Crippen LogP contribution in [0.1, 0.15) is 23.0 Å². The zero-order valence-electron chi connectivity index (χ0n) is 15.3. The summed E-state index contributed by atoms with van der Waals surface area (Å²) in [7, 11) is 1.53. The number of carbonyl (C=O) groups excluding carboxylic acids is 2. The predicted octanol–water partition coefficient (Wildman–Crippen LogP) is 4.92. The molecule has 28 heavy (non-hydrogen) atoms. The Kier molecular flexibility index (Phi) is 6.01. The lowest BCUT2D eigenvalue weighted by Crippen LogP contribution is -2.09. The second kappa shape index (κ2) is 8.63. The first kappa shape index (κ1) is 19.5. The monoisotopic (exact) mass is 399 g/mol. The van der Waals surface area contributed by atoms with Crippen molar-refractivity contribution in [2.45, 2.75) is 6.92 Å². The first-order valence-corrected chi connectivity index (χ1v) is 8.91. The van der Waals surface area contributed by atoms with Crippen molar-refractivity contribution in [3.63, 3.8) is 0 Å². The molecule has 0 unspecified atom stereocenters. The number of carbonyl (C=O) groups is 2. The summed E-state index contributed by atoms with van der Waals surface area (Å²) >= 11 is 6.05. The molecule has 0 fully saturated rings. The number of hydrogen-bond donors (Lipinski definition) is 1. The standard InChI is InChI=1S/C21H18ClNO5/c1-3-27-21(25)13-5-4-6-16(10-13)23-19(24)8-7-17-11-14-9-15(22)12-18(26-2)20(14)28-17/h4-12H,3H2,1-2H3,(H,23,24). The van der Waals surface area contributed by atoms with Crippen molar-refractivity contribution in [2.75, 3.05) is 19.0 Å². The maximum absolute atomic E-state index is 12.2. The highest BCUT2D eigenvalue weighted by Crippen LogP contribution is 2.32. The number of ether oxygens (including phenoxy) is 2. The molecule has 3 aromatic rings. The van der Waals surface area contributed by atoms with E-state index >= 15 is 0 Å². The van der Waals surface area contributed by atoms with E-state index in [2.05, 4.69) is 5.32 Å². The molecule has 6 nitrogen and oxygen atoms in total. The fraction of sp³-hybridized carbons (Fsp3) is 0.143. The van der Waals surface area contributed by atoms with Gasteiger partial charge in [-0.15, -0.1) is 0 Å². The minimum Gasteiger partial charge on any atom is -0.493 e. The average molecular weight is 400 g/mol. The van der Waals surface area contributed by atoms with E-state index < -0.39 is 5.97 Å². The Bertz CT molecular complexity index is 1050. The van der Waals surface area contributed by atoms with E-state index in [-0.39, 0.29) is 12.5 Å². The van der Waals surface area contributed by atoms with Crippen LogP contribution in [0.25, 0.3) is 17.0 Å². The van der Waals surface area contributed by atoms with Gasteiger partial charge < -0.3 is 19.2 Å². The average Bonchev–Trinajstić information content (AvgIpc) is 3.09. The van der Waals surface area contributed by atoms with Crippen LogP contribution in [0.15, 0.2) is 53.0 Å². The number of halogens is 1. The topological polar surface area (TPSA) is 77.8 Å². The quantitative estimate of drug-likeness (QED) is 0.470. The number of methoxy groups -OCH3 is 1. The van der Waals surface area contributed by atoms with E-state index in [1.54, 1.807) is 49.4 Å². The first-order valence-electron chi connectivity index (χ1n) is 8.53. The molecular weight excluding hydrogens is 382 g/mol. The molecule has 0 aliphatic carbocycles. The predicted molar refractivity (Wildman–Crippen MR) is 108 cm³/mol. The van der Waals surface area contributed by atoms with Gasteiger partial charge in [0.2, 0.25) is 5.91 Å². The fourth-order valence-electron chi connectivity index (χ4n) is 2.62. The zero-order valence-corrected chi connectivity index (χ0v) is 16.1. The van der Waals surface area contributed by atoms with Gasteiger partial charge in [0.25, 0.3) is 0 Å². The van der Waals surface area contributed by atoms with Crippen LogP contribution in [0.5, 0.6) is 5.75 Å². The normalized spacial score (nSPS) is 11.0. The summed E-state index contributed by atoms with van der Waals surface area (Å²) in [5.74, 6) is 0.184. The van der Waals surface area contributed by atoms with Crippen LogP contribution in [0.4, 0.5) is 5.69 Å². The SMILES string of the molecule is CCOC(=O)c1cccc(NC(=O)C=Cc2cc3cc(Cl)cc(OC)c3o2)c1. The van der Waals surface area contributed by atoms with Crippen LogP contribution < -0.4 is 10.1 Å². The Morgan fingerprint density at radius 2 is 2.04 bits per heavy atom. The van der Waals surface area contributed by atoms with Gasteiger partial charge in [0.05, 0.1) is 19.3 Å². The van der Waals surface area contributed by atoms with Crippen LogP contribution in [-0.2, 0) is 9.53 Å². The van der Waals surface area contributed by atoms with E-state index in [1.807, 2.05) is 0 Å². The molecule has 0 spiro atoms. The van der Waals surface area contributed by atoms with Gasteiger partial charge in [-0.1, -0.05) is 17.7 Å². The molecule has 1 heterocycles. The fourth-order valence-corrected chi connectivity index (χ4v) is 2.84. The summed E-state index contributed by atoms with van der Waals surface area (Å²) in [5, 5.41) is 3.99. The van der Waals surface area contributed by atoms with Gasteiger partial charge in [-0.25, -0.2) is 4.79 Å². The van der Waals surface area contributed by atoms with Crippen LogP contribution in [0.2, 0.25) is 5.02 Å². The van der Waals surface area contributed by atoms with E-state index in [1.165, 1.54) is 19.3 Å². The molecule has 0 aliphatic rings. The van der Waals surface area contributed by atoms with Gasteiger partial charge in [0.15, 0.2) is 11.3 Å². The molecule has 2 aromatic carbocycles. The number of hydrogen-bond acceptors (Lipinski definition) is 5. The molecule has 0 saturated carbocycles. The van der Waals surface area contributed by atoms with Crippen LogP contribution in [-0.4, -0.2) is 25.6 Å². The van der Waals surface area contributed by atoms with Gasteiger partial charge in [0.1, 0.15) is 5.76 Å². The Morgan fingerprint density at radius 3 is 2.79 bits per heavy atom. The maximum Gasteiger partial charge on any atom is 0.338 e. The van der Waals surface area contributed by atoms with Crippen molar-refractivity contribution in [3.05, 3.63) is 64.9 Å². The minimum absolute atomic E-state index is 0.283. The molecule has 1 amide bonds. The summed E-state index contributed by atoms with van der Waals surface area (Å²) in [4.78, 5) is 24.0. The lowest BCUT2D eigenvalue weighted by molar-refractivity contribution is -0.111. The second-order valence-corrected chi connectivity index (χ2v) is 6.24. The van der Waals surface area contributed by atoms with E-state index in [0.717, 1.165) is 5.39 Å². The van der Waals surface area contributed by atoms with Gasteiger partial charge in [0, 0.05) is 28.2 Å². The summed E-state index contributed by atoms with van der Waals surface area (Å²) in [5.41, 5.74) is 1.40. The third kappa shape index (κ3) is 4.53. The van der Waals surface area contributed by atoms with Crippen molar-refractivity contribution in [3.8, 4) is 5.75 Å². The van der Waals surface area contributed by atoms with Gasteiger partial charge >= 0.3 is 5.97 Å². The highest BCUT2D eigenvalue weighted by Gasteiger charge is 2.10. The second-order valence-electron chi connectivity index (χ2n) is 5.80. The van der Waals surface area contributed by atoms with Gasteiger partial charge in [-0.3, -0.25) is 4.79 Å². The number of amides is 1. The molecule has 0 saturated heterocycles. The highest BCUT2D eigenvalue weighted by molar-refractivity contribution is 6.31. The first-order chi connectivity index (χ1) is 13.5. The molecule has 144 valence electrons. The summed E-state index contributed by atoms with van der Waals surface area (Å²) in [6.45, 7) is 2.02. The van der Waals surface area contributed by atoms with Crippen molar-refractivity contribution < 1.29 is 23.5 Å². The number of benzene rings is 2. The lowest BCUT2D eigenvalue weighted by atomic mass is 10.2. The lowest BCUT2D eigenvalue weighted by Gasteiger charge is -2.05. The van der Waals surface area contributed by atoms with Crippen molar-refractivity contribution in [2.24, 2.45) is 0 Å². The Labute approximate surface area is 166 Å². The smallest absolute Gasteiger partial charge is 0.338 e. The van der Waals surface area contributed by atoms with Gasteiger partial charge in [-0.05, 0) is 43.3 Å². The maximum atomic E-state index is 12.2. The number of anilines is 1. The van der Waals surface area contributed by atoms with Gasteiger partial charge in [-0.2, -0.15) is 0 Å². The van der Waals surface area contributed by atoms with E-state index in [0.29, 0.717) is 33.4 Å². The molecule has 1 N–H and O–H groups in total. The van der Waals surface area contributed by atoms with E-state index in [9.17, 15) is 9.59 Å². The molecule has 0 aliphatic heterocycles. The molecule has 3 rings (SSSR count). The molecule has 7 heteroatoms. The summed E-state index contributed by atoms with van der Waals surface area (Å²) in [6, 6.07) is 11.7. The molecular formula is C21H18ClNO5. The third-order valence-electron chi connectivity index (χ3n) is 3.83.